The summed E-state index contributed by atoms with van der Waals surface area (Å²) in [5.74, 6) is -3.77. The number of alkyl halides is 3. The lowest BCUT2D eigenvalue weighted by atomic mass is 10.2. The molecule has 3 N–H and O–H groups in total. The minimum absolute atomic E-state index is 0.0218. The van der Waals surface area contributed by atoms with E-state index >= 15 is 0 Å². The third-order valence-electron chi connectivity index (χ3n) is 5.00. The Labute approximate surface area is 233 Å². The second-order valence-corrected chi connectivity index (χ2v) is 11.3. The summed E-state index contributed by atoms with van der Waals surface area (Å²) >= 11 is 1.48. The Balaban J connectivity index is 0.000000708. The molecule has 0 aliphatic heterocycles. The molecule has 0 amide bonds. The molecule has 0 unspecified atom stereocenters. The molecule has 10 nitrogen and oxygen atoms in total. The van der Waals surface area contributed by atoms with Crippen molar-refractivity contribution in [1.29, 1.82) is 0 Å². The highest BCUT2D eigenvalue weighted by molar-refractivity contribution is 7.92. The monoisotopic (exact) mass is 603 g/mol. The van der Waals surface area contributed by atoms with Crippen LogP contribution in [0.3, 0.4) is 0 Å². The Morgan fingerprint density at radius 1 is 1.12 bits per heavy atom. The van der Waals surface area contributed by atoms with Crippen LogP contribution in [-0.4, -0.2) is 73.9 Å². The number of aromatic hydroxyl groups is 1. The predicted octanol–water partition coefficient (Wildman–Crippen LogP) is 4.76. The van der Waals surface area contributed by atoms with Crippen LogP contribution in [0.15, 0.2) is 52.7 Å². The second kappa shape index (κ2) is 14.1. The third-order valence-corrected chi connectivity index (χ3v) is 7.16. The molecule has 0 radical (unpaired) electrons. The van der Waals surface area contributed by atoms with Crippen molar-refractivity contribution >= 4 is 39.0 Å². The molecule has 0 spiro atoms. The molecule has 3 aromatic rings. The van der Waals surface area contributed by atoms with Crippen LogP contribution in [0, 0.1) is 6.92 Å². The van der Waals surface area contributed by atoms with E-state index in [2.05, 4.69) is 9.71 Å². The average Bonchev–Trinajstić information content (AvgIpc) is 3.29. The van der Waals surface area contributed by atoms with Gasteiger partial charge in [0.1, 0.15) is 11.3 Å². The van der Waals surface area contributed by atoms with Crippen molar-refractivity contribution in [2.45, 2.75) is 30.8 Å². The smallest absolute Gasteiger partial charge is 0.490 e. The van der Waals surface area contributed by atoms with E-state index in [-0.39, 0.29) is 28.5 Å². The number of carboxylic acid groups (broad SMARTS) is 1. The van der Waals surface area contributed by atoms with Gasteiger partial charge in [-0.2, -0.15) is 13.2 Å². The summed E-state index contributed by atoms with van der Waals surface area (Å²) in [5, 5.41) is 20.1. The van der Waals surface area contributed by atoms with Crippen molar-refractivity contribution in [3.63, 3.8) is 0 Å². The van der Waals surface area contributed by atoms with Crippen LogP contribution in [0.5, 0.6) is 5.75 Å². The first kappa shape index (κ1) is 32.5. The van der Waals surface area contributed by atoms with Gasteiger partial charge in [-0.3, -0.25) is 4.72 Å². The fourth-order valence-corrected chi connectivity index (χ4v) is 4.79. The summed E-state index contributed by atoms with van der Waals surface area (Å²) in [4.78, 5) is 27.6. The number of benzene rings is 2. The molecular formula is C25H28F3N3O7S2. The zero-order valence-corrected chi connectivity index (χ0v) is 23.4. The van der Waals surface area contributed by atoms with Crippen LogP contribution in [-0.2, 0) is 19.6 Å². The van der Waals surface area contributed by atoms with Gasteiger partial charge in [0.25, 0.3) is 10.0 Å². The Morgan fingerprint density at radius 2 is 1.80 bits per heavy atom. The van der Waals surface area contributed by atoms with Gasteiger partial charge >= 0.3 is 18.1 Å². The Morgan fingerprint density at radius 3 is 2.35 bits per heavy atom. The molecule has 40 heavy (non-hydrogen) atoms. The van der Waals surface area contributed by atoms with E-state index in [1.165, 1.54) is 35.6 Å². The molecule has 15 heteroatoms. The largest absolute Gasteiger partial charge is 0.507 e. The Kier molecular flexibility index (Phi) is 11.5. The number of carbonyl (C=O) groups excluding carboxylic acids is 1. The number of aliphatic carboxylic acids is 1. The van der Waals surface area contributed by atoms with Crippen molar-refractivity contribution in [3.05, 3.63) is 58.4 Å². The molecular weight excluding hydrogens is 575 g/mol. The summed E-state index contributed by atoms with van der Waals surface area (Å²) in [6, 6.07) is 10.4. The lowest BCUT2D eigenvalue weighted by Crippen LogP contribution is -2.21. The number of halogens is 3. The molecule has 0 bridgehead atoms. The normalized spacial score (nSPS) is 11.5. The fourth-order valence-electron chi connectivity index (χ4n) is 3.07. The maximum atomic E-state index is 12.9. The van der Waals surface area contributed by atoms with Crippen molar-refractivity contribution in [2.75, 3.05) is 32.0 Å². The molecule has 1 heterocycles. The lowest BCUT2D eigenvalue weighted by molar-refractivity contribution is -0.192. The Hall–Kier alpha value is -3.69. The van der Waals surface area contributed by atoms with Gasteiger partial charge in [0.2, 0.25) is 0 Å². The summed E-state index contributed by atoms with van der Waals surface area (Å²) in [6.45, 7) is 3.02. The number of carboxylic acids is 1. The number of hydrogen-bond donors (Lipinski definition) is 3. The Bertz CT molecular complexity index is 1430. The fraction of sp³-hybridized carbons (Fsp3) is 0.320. The standard InChI is InChI=1S/C23H27N3O5S2.C2HF3O2/c1-16-24-21(15-32-16)17-7-6-8-19(13-17)33(29,30)25-18-9-10-20(22(27)14-18)23(28)31-12-5-4-11-26(2)3;3-2(4,5)1(6)7/h6-10,13-15,25,27H,4-5,11-12H2,1-3H3;(H,6,7). The minimum atomic E-state index is -5.08. The molecule has 0 saturated carbocycles. The maximum absolute atomic E-state index is 12.9. The van der Waals surface area contributed by atoms with Gasteiger partial charge < -0.3 is 19.8 Å². The number of ether oxygens (including phenoxy) is 1. The van der Waals surface area contributed by atoms with Crippen molar-refractivity contribution < 1.29 is 46.1 Å². The van der Waals surface area contributed by atoms with Crippen LogP contribution >= 0.6 is 11.3 Å². The number of anilines is 1. The van der Waals surface area contributed by atoms with Crippen LogP contribution < -0.4 is 4.72 Å². The molecule has 0 atom stereocenters. The molecule has 0 aliphatic carbocycles. The summed E-state index contributed by atoms with van der Waals surface area (Å²) < 4.78 is 65.1. The zero-order valence-electron chi connectivity index (χ0n) is 21.7. The number of aryl methyl sites for hydroxylation is 1. The van der Waals surface area contributed by atoms with E-state index in [0.717, 1.165) is 18.0 Å². The number of thiazole rings is 1. The summed E-state index contributed by atoms with van der Waals surface area (Å²) in [7, 11) is 0.0210. The molecule has 0 saturated heterocycles. The number of nitrogens with zero attached hydrogens (tertiary/aromatic N) is 2. The first-order chi connectivity index (χ1) is 18.6. The van der Waals surface area contributed by atoms with Crippen molar-refractivity contribution in [2.24, 2.45) is 0 Å². The van der Waals surface area contributed by atoms with Gasteiger partial charge in [-0.15, -0.1) is 11.3 Å². The predicted molar refractivity (Wildman–Crippen MR) is 143 cm³/mol. The number of phenolic OH excluding ortho intramolecular Hbond substituents is 1. The number of carbonyl (C=O) groups is 2. The first-order valence-corrected chi connectivity index (χ1v) is 14.0. The van der Waals surface area contributed by atoms with E-state index in [1.54, 1.807) is 18.2 Å². The molecule has 218 valence electrons. The van der Waals surface area contributed by atoms with E-state index < -0.39 is 28.1 Å². The molecule has 3 rings (SSSR count). The van der Waals surface area contributed by atoms with E-state index in [0.29, 0.717) is 17.7 Å². The number of phenols is 1. The van der Waals surface area contributed by atoms with Crippen molar-refractivity contribution in [1.82, 2.24) is 9.88 Å². The maximum Gasteiger partial charge on any atom is 0.490 e. The number of esters is 1. The summed E-state index contributed by atoms with van der Waals surface area (Å²) in [6.07, 6.45) is -3.49. The van der Waals surface area contributed by atoms with Gasteiger partial charge in [0.05, 0.1) is 27.9 Å². The van der Waals surface area contributed by atoms with Gasteiger partial charge in [0, 0.05) is 17.0 Å². The molecule has 0 aliphatic rings. The molecule has 1 aromatic heterocycles. The van der Waals surface area contributed by atoms with E-state index in [9.17, 15) is 31.5 Å². The van der Waals surface area contributed by atoms with E-state index in [1.807, 2.05) is 31.3 Å². The average molecular weight is 604 g/mol. The van der Waals surface area contributed by atoms with Gasteiger partial charge in [0.15, 0.2) is 0 Å². The van der Waals surface area contributed by atoms with Crippen LogP contribution in [0.1, 0.15) is 28.2 Å². The third kappa shape index (κ3) is 10.1. The van der Waals surface area contributed by atoms with Gasteiger partial charge in [-0.1, -0.05) is 12.1 Å². The second-order valence-electron chi connectivity index (χ2n) is 8.57. The lowest BCUT2D eigenvalue weighted by Gasteiger charge is -2.12. The summed E-state index contributed by atoms with van der Waals surface area (Å²) in [5.41, 5.74) is 1.50. The number of rotatable bonds is 10. The SMILES string of the molecule is Cc1nc(-c2cccc(S(=O)(=O)Nc3ccc(C(=O)OCCCCN(C)C)c(O)c3)c2)cs1.O=C(O)C(F)(F)F. The first-order valence-electron chi connectivity index (χ1n) is 11.6. The molecule has 2 aromatic carbocycles. The van der Waals surface area contributed by atoms with E-state index in [4.69, 9.17) is 14.6 Å². The number of aromatic nitrogens is 1. The van der Waals surface area contributed by atoms with Crippen LogP contribution in [0.2, 0.25) is 0 Å². The zero-order chi connectivity index (χ0) is 30.1. The quantitative estimate of drug-likeness (QED) is 0.221. The highest BCUT2D eigenvalue weighted by Crippen LogP contribution is 2.27. The minimum Gasteiger partial charge on any atom is -0.507 e. The number of hydrogen-bond acceptors (Lipinski definition) is 9. The van der Waals surface area contributed by atoms with Gasteiger partial charge in [-0.05, 0) is 64.7 Å². The number of unbranched alkanes of at least 4 members (excludes halogenated alkanes) is 1. The van der Waals surface area contributed by atoms with Gasteiger partial charge in [-0.25, -0.2) is 23.0 Å². The van der Waals surface area contributed by atoms with Crippen LogP contribution in [0.4, 0.5) is 18.9 Å². The highest BCUT2D eigenvalue weighted by Gasteiger charge is 2.38. The van der Waals surface area contributed by atoms with Crippen molar-refractivity contribution in [3.8, 4) is 17.0 Å². The number of nitrogens with one attached hydrogen (secondary N) is 1. The topological polar surface area (TPSA) is 146 Å². The number of sulfonamides is 1. The highest BCUT2D eigenvalue weighted by atomic mass is 32.2. The molecule has 0 fully saturated rings. The van der Waals surface area contributed by atoms with Crippen LogP contribution in [0.25, 0.3) is 11.3 Å².